The van der Waals surface area contributed by atoms with Crippen molar-refractivity contribution in [3.05, 3.63) is 94.0 Å². The van der Waals surface area contributed by atoms with Gasteiger partial charge in [0.05, 0.1) is 34.1 Å². The Morgan fingerprint density at radius 3 is 2.31 bits per heavy atom. The molecule has 0 aliphatic heterocycles. The van der Waals surface area contributed by atoms with Crippen LogP contribution in [-0.2, 0) is 24.8 Å². The number of benzene rings is 3. The van der Waals surface area contributed by atoms with E-state index in [-0.39, 0.29) is 35.0 Å². The number of aromatic nitrogens is 2. The van der Waals surface area contributed by atoms with E-state index < -0.39 is 21.8 Å². The van der Waals surface area contributed by atoms with Crippen molar-refractivity contribution in [2.45, 2.75) is 57.9 Å². The van der Waals surface area contributed by atoms with Crippen LogP contribution in [0, 0.1) is 6.92 Å². The minimum absolute atomic E-state index is 0.0930. The minimum atomic E-state index is -3.67. The van der Waals surface area contributed by atoms with Crippen LogP contribution in [0.5, 0.6) is 5.75 Å². The Kier molecular flexibility index (Phi) is 9.18. The molecule has 0 saturated heterocycles. The third-order valence-electron chi connectivity index (χ3n) is 6.87. The molecule has 1 atom stereocenters. The van der Waals surface area contributed by atoms with Crippen LogP contribution >= 0.6 is 0 Å². The third kappa shape index (κ3) is 7.06. The molecule has 0 amide bonds. The zero-order valence-corrected chi connectivity index (χ0v) is 25.6. The number of fused-ring (bicyclic) bond motifs is 1. The van der Waals surface area contributed by atoms with E-state index in [9.17, 15) is 18.0 Å². The summed E-state index contributed by atoms with van der Waals surface area (Å²) in [5, 5.41) is 3.36. The van der Waals surface area contributed by atoms with Crippen LogP contribution in [0.4, 0.5) is 0 Å². The Labute approximate surface area is 246 Å². The van der Waals surface area contributed by atoms with E-state index >= 15 is 0 Å². The van der Waals surface area contributed by atoms with Gasteiger partial charge in [0, 0.05) is 0 Å². The number of nitrogens with zero attached hydrogens (tertiary/aromatic N) is 2. The van der Waals surface area contributed by atoms with Gasteiger partial charge >= 0.3 is 5.97 Å². The maximum absolute atomic E-state index is 13.9. The number of sulfone groups is 1. The lowest BCUT2D eigenvalue weighted by Crippen LogP contribution is -2.32. The number of ether oxygens (including phenoxy) is 2. The number of aryl methyl sites for hydroxylation is 1. The smallest absolute Gasteiger partial charge is 0.344 e. The summed E-state index contributed by atoms with van der Waals surface area (Å²) in [6, 6.07) is 18.5. The Balaban J connectivity index is 1.68. The van der Waals surface area contributed by atoms with Crippen LogP contribution < -0.4 is 15.6 Å². The second-order valence-electron chi connectivity index (χ2n) is 11.2. The van der Waals surface area contributed by atoms with Crippen molar-refractivity contribution >= 4 is 26.7 Å². The Morgan fingerprint density at radius 1 is 1.02 bits per heavy atom. The van der Waals surface area contributed by atoms with E-state index in [0.29, 0.717) is 28.2 Å². The zero-order valence-electron chi connectivity index (χ0n) is 24.8. The summed E-state index contributed by atoms with van der Waals surface area (Å²) < 4.78 is 38.3. The lowest BCUT2D eigenvalue weighted by molar-refractivity contribution is -0.145. The summed E-state index contributed by atoms with van der Waals surface area (Å²) in [6.07, 6.45) is 0. The predicted octanol–water partition coefficient (Wildman–Crippen LogP) is 5.02. The highest BCUT2D eigenvalue weighted by Crippen LogP contribution is 2.25. The first-order valence-electron chi connectivity index (χ1n) is 13.8. The van der Waals surface area contributed by atoms with Crippen LogP contribution in [0.3, 0.4) is 0 Å². The molecular weight excluding hydrogens is 554 g/mol. The van der Waals surface area contributed by atoms with Crippen molar-refractivity contribution < 1.29 is 22.7 Å². The van der Waals surface area contributed by atoms with Crippen molar-refractivity contribution in [2.24, 2.45) is 0 Å². The van der Waals surface area contributed by atoms with E-state index in [2.05, 4.69) is 26.1 Å². The van der Waals surface area contributed by atoms with Crippen LogP contribution in [-0.4, -0.2) is 43.0 Å². The molecule has 1 N–H and O–H groups in total. The highest BCUT2D eigenvalue weighted by molar-refractivity contribution is 7.91. The van der Waals surface area contributed by atoms with Crippen molar-refractivity contribution in [1.82, 2.24) is 14.9 Å². The molecule has 10 heteroatoms. The molecule has 1 aromatic heterocycles. The molecule has 1 heterocycles. The van der Waals surface area contributed by atoms with Gasteiger partial charge in [0.2, 0.25) is 0 Å². The van der Waals surface area contributed by atoms with E-state index in [4.69, 9.17) is 14.5 Å². The van der Waals surface area contributed by atoms with E-state index in [1.807, 2.05) is 43.3 Å². The lowest BCUT2D eigenvalue weighted by Gasteiger charge is -2.21. The molecule has 4 rings (SSSR count). The topological polar surface area (TPSA) is 117 Å². The lowest BCUT2D eigenvalue weighted by atomic mass is 9.87. The van der Waals surface area contributed by atoms with E-state index in [1.165, 1.54) is 4.57 Å². The zero-order chi connectivity index (χ0) is 30.7. The Morgan fingerprint density at radius 2 is 1.69 bits per heavy atom. The highest BCUT2D eigenvalue weighted by atomic mass is 32.2. The molecule has 0 saturated carbocycles. The van der Waals surface area contributed by atoms with Crippen LogP contribution in [0.2, 0.25) is 0 Å². The molecule has 222 valence electrons. The fraction of sp³-hybridized carbons (Fsp3) is 0.344. The van der Waals surface area contributed by atoms with Crippen molar-refractivity contribution in [1.29, 1.82) is 0 Å². The molecule has 0 aliphatic rings. The summed E-state index contributed by atoms with van der Waals surface area (Å²) in [7, 11) is -3.67. The van der Waals surface area contributed by atoms with Gasteiger partial charge in [0.25, 0.3) is 5.56 Å². The largest absolute Gasteiger partial charge is 0.482 e. The third-order valence-corrected chi connectivity index (χ3v) is 8.40. The number of nitrogens with one attached hydrogen (secondary N) is 1. The first-order valence-corrected chi connectivity index (χ1v) is 15.4. The molecule has 0 radical (unpaired) electrons. The van der Waals surface area contributed by atoms with Crippen LogP contribution in [0.15, 0.2) is 76.4 Å². The first kappa shape index (κ1) is 30.9. The normalized spacial score (nSPS) is 12.7. The van der Waals surface area contributed by atoms with Gasteiger partial charge in [0.15, 0.2) is 16.4 Å². The molecule has 9 nitrogen and oxygen atoms in total. The van der Waals surface area contributed by atoms with Gasteiger partial charge in [-0.15, -0.1) is 0 Å². The Bertz CT molecular complexity index is 1740. The number of carbonyl (C=O) groups excluding carboxylic acids is 1. The van der Waals surface area contributed by atoms with Crippen LogP contribution in [0.25, 0.3) is 16.6 Å². The van der Waals surface area contributed by atoms with Crippen molar-refractivity contribution in [3.63, 3.8) is 0 Å². The molecule has 0 fully saturated rings. The Hall–Kier alpha value is -4.02. The number of carbonyl (C=O) groups is 1. The summed E-state index contributed by atoms with van der Waals surface area (Å²) in [6.45, 7) is 11.6. The average molecular weight is 592 g/mol. The van der Waals surface area contributed by atoms with Gasteiger partial charge in [-0.25, -0.2) is 18.2 Å². The average Bonchev–Trinajstić information content (AvgIpc) is 2.95. The molecule has 3 aromatic carbocycles. The SMILES string of the molecule is CCOC(=O)COc1ccc2nc(C(C)NCS(=O)(=O)c3ccc(C(C)(C)C)cc3)n(-c3ccc(C)cc3)c(=O)c2c1. The first-order chi connectivity index (χ1) is 19.8. The summed E-state index contributed by atoms with van der Waals surface area (Å²) in [5.41, 5.74) is 2.61. The number of hydrogen-bond donors (Lipinski definition) is 1. The number of hydrogen-bond acceptors (Lipinski definition) is 8. The molecule has 42 heavy (non-hydrogen) atoms. The van der Waals surface area contributed by atoms with Gasteiger partial charge in [-0.2, -0.15) is 0 Å². The van der Waals surface area contributed by atoms with E-state index in [1.54, 1.807) is 44.2 Å². The second-order valence-corrected chi connectivity index (χ2v) is 13.2. The van der Waals surface area contributed by atoms with Gasteiger partial charge in [-0.1, -0.05) is 50.6 Å². The molecular formula is C32H37N3O6S. The van der Waals surface area contributed by atoms with Crippen molar-refractivity contribution in [2.75, 3.05) is 19.1 Å². The molecule has 1 unspecified atom stereocenters. The summed E-state index contributed by atoms with van der Waals surface area (Å²) >= 11 is 0. The number of rotatable bonds is 10. The quantitative estimate of drug-likeness (QED) is 0.256. The van der Waals surface area contributed by atoms with Gasteiger partial charge in [-0.3, -0.25) is 14.7 Å². The second kappa shape index (κ2) is 12.5. The fourth-order valence-electron chi connectivity index (χ4n) is 4.42. The summed E-state index contributed by atoms with van der Waals surface area (Å²) in [5.74, 6) is -0.170. The van der Waals surface area contributed by atoms with Crippen LogP contribution in [0.1, 0.15) is 57.6 Å². The van der Waals surface area contributed by atoms with Crippen molar-refractivity contribution in [3.8, 4) is 11.4 Å². The molecule has 0 aliphatic carbocycles. The molecule has 4 aromatic rings. The monoisotopic (exact) mass is 591 g/mol. The maximum atomic E-state index is 13.9. The standard InChI is InChI=1S/C32H37N3O6S/c1-7-40-29(36)19-41-25-14-17-28-27(18-25)31(37)35(24-12-8-21(2)9-13-24)30(34-28)22(3)33-20-42(38,39)26-15-10-23(11-16-26)32(4,5)6/h8-18,22,33H,7,19-20H2,1-6H3. The predicted molar refractivity (Wildman–Crippen MR) is 163 cm³/mol. The fourth-order valence-corrected chi connectivity index (χ4v) is 5.61. The van der Waals surface area contributed by atoms with Gasteiger partial charge in [0.1, 0.15) is 17.5 Å². The summed E-state index contributed by atoms with van der Waals surface area (Å²) in [4.78, 5) is 30.6. The van der Waals surface area contributed by atoms with Gasteiger partial charge < -0.3 is 9.47 Å². The highest BCUT2D eigenvalue weighted by Gasteiger charge is 2.22. The van der Waals surface area contributed by atoms with Gasteiger partial charge in [-0.05, 0) is 74.2 Å². The maximum Gasteiger partial charge on any atom is 0.344 e. The minimum Gasteiger partial charge on any atom is -0.482 e. The molecule has 0 bridgehead atoms. The van der Waals surface area contributed by atoms with E-state index in [0.717, 1.165) is 11.1 Å². The molecule has 0 spiro atoms. The number of esters is 1.